The summed E-state index contributed by atoms with van der Waals surface area (Å²) in [6.07, 6.45) is 2.34. The van der Waals surface area contributed by atoms with Crippen LogP contribution in [0.25, 0.3) is 0 Å². The van der Waals surface area contributed by atoms with Crippen molar-refractivity contribution in [3.05, 3.63) is 58.3 Å². The second-order valence-corrected chi connectivity index (χ2v) is 5.54. The summed E-state index contributed by atoms with van der Waals surface area (Å²) in [4.78, 5) is 0. The molecule has 2 unspecified atom stereocenters. The molecule has 0 spiro atoms. The van der Waals surface area contributed by atoms with E-state index in [-0.39, 0.29) is 0 Å². The van der Waals surface area contributed by atoms with Crippen molar-refractivity contribution < 1.29 is 0 Å². The Morgan fingerprint density at radius 2 is 1.94 bits per heavy atom. The maximum Gasteiger partial charge on any atom is 0.0133 e. The fraction of sp³-hybridized carbons (Fsp3) is 0.375. The van der Waals surface area contributed by atoms with Crippen LogP contribution in [0.3, 0.4) is 0 Å². The zero-order valence-electron chi connectivity index (χ0n) is 11.1. The van der Waals surface area contributed by atoms with Gasteiger partial charge in [0, 0.05) is 6.04 Å². The largest absolute Gasteiger partial charge is 0.316 e. The Kier molecular flexibility index (Phi) is 4.97. The van der Waals surface area contributed by atoms with Crippen LogP contribution >= 0.6 is 11.3 Å². The van der Waals surface area contributed by atoms with E-state index >= 15 is 0 Å². The molecule has 2 aromatic rings. The predicted molar refractivity (Wildman–Crippen MR) is 80.3 cm³/mol. The van der Waals surface area contributed by atoms with Crippen LogP contribution in [0, 0.1) is 0 Å². The van der Waals surface area contributed by atoms with Crippen molar-refractivity contribution in [2.24, 2.45) is 0 Å². The van der Waals surface area contributed by atoms with Crippen molar-refractivity contribution in [1.82, 2.24) is 5.32 Å². The summed E-state index contributed by atoms with van der Waals surface area (Å²) in [6.45, 7) is 2.31. The van der Waals surface area contributed by atoms with Gasteiger partial charge < -0.3 is 5.32 Å². The quantitative estimate of drug-likeness (QED) is 0.824. The third-order valence-corrected chi connectivity index (χ3v) is 4.36. The normalized spacial score (nSPS) is 14.3. The molecule has 2 heteroatoms. The number of hydrogen-bond acceptors (Lipinski definition) is 2. The van der Waals surface area contributed by atoms with E-state index in [0.29, 0.717) is 12.0 Å². The lowest BCUT2D eigenvalue weighted by atomic mass is 9.90. The fourth-order valence-electron chi connectivity index (χ4n) is 2.39. The molecule has 1 nitrogen and oxygen atoms in total. The smallest absolute Gasteiger partial charge is 0.0133 e. The maximum absolute atomic E-state index is 3.47. The molecule has 0 radical (unpaired) electrons. The minimum absolute atomic E-state index is 0.535. The van der Waals surface area contributed by atoms with Crippen molar-refractivity contribution in [3.63, 3.8) is 0 Å². The van der Waals surface area contributed by atoms with Gasteiger partial charge in [0.2, 0.25) is 0 Å². The van der Waals surface area contributed by atoms with Gasteiger partial charge in [0.25, 0.3) is 0 Å². The van der Waals surface area contributed by atoms with E-state index in [1.165, 1.54) is 17.5 Å². The van der Waals surface area contributed by atoms with E-state index in [1.54, 1.807) is 11.3 Å². The van der Waals surface area contributed by atoms with E-state index < -0.39 is 0 Å². The van der Waals surface area contributed by atoms with Crippen LogP contribution in [0.5, 0.6) is 0 Å². The number of rotatable bonds is 6. The molecule has 2 atom stereocenters. The number of nitrogens with one attached hydrogen (secondary N) is 1. The monoisotopic (exact) mass is 259 g/mol. The van der Waals surface area contributed by atoms with Crippen molar-refractivity contribution in [2.45, 2.75) is 31.7 Å². The highest BCUT2D eigenvalue weighted by Gasteiger charge is 2.16. The average molecular weight is 259 g/mol. The van der Waals surface area contributed by atoms with E-state index in [0.717, 1.165) is 6.42 Å². The van der Waals surface area contributed by atoms with E-state index in [9.17, 15) is 0 Å². The van der Waals surface area contributed by atoms with Gasteiger partial charge in [0.05, 0.1) is 0 Å². The van der Waals surface area contributed by atoms with Crippen molar-refractivity contribution in [2.75, 3.05) is 7.05 Å². The van der Waals surface area contributed by atoms with Crippen LogP contribution in [0.2, 0.25) is 0 Å². The van der Waals surface area contributed by atoms with Gasteiger partial charge in [-0.05, 0) is 53.8 Å². The minimum atomic E-state index is 0.535. The summed E-state index contributed by atoms with van der Waals surface area (Å²) in [6, 6.07) is 13.5. The van der Waals surface area contributed by atoms with Gasteiger partial charge in [-0.2, -0.15) is 11.3 Å². The van der Waals surface area contributed by atoms with Crippen molar-refractivity contribution in [3.8, 4) is 0 Å². The molecule has 96 valence electrons. The van der Waals surface area contributed by atoms with Gasteiger partial charge in [-0.1, -0.05) is 37.3 Å². The molecule has 0 aliphatic rings. The van der Waals surface area contributed by atoms with Gasteiger partial charge in [-0.15, -0.1) is 0 Å². The Morgan fingerprint density at radius 1 is 1.17 bits per heavy atom. The molecule has 1 N–H and O–H groups in total. The van der Waals surface area contributed by atoms with Crippen LogP contribution in [-0.2, 0) is 6.42 Å². The Morgan fingerprint density at radius 3 is 2.56 bits per heavy atom. The number of thiophene rings is 1. The van der Waals surface area contributed by atoms with Crippen LogP contribution in [0.1, 0.15) is 30.4 Å². The highest BCUT2D eigenvalue weighted by Crippen LogP contribution is 2.22. The van der Waals surface area contributed by atoms with E-state index in [2.05, 4.69) is 66.4 Å². The fourth-order valence-corrected chi connectivity index (χ4v) is 3.09. The molecular formula is C16H21NS. The predicted octanol–water partition coefficient (Wildman–Crippen LogP) is 4.07. The molecular weight excluding hydrogens is 238 g/mol. The number of likely N-dealkylation sites (N-methyl/N-ethyl adjacent to an activating group) is 1. The van der Waals surface area contributed by atoms with Crippen LogP contribution in [0.15, 0.2) is 47.2 Å². The van der Waals surface area contributed by atoms with Crippen molar-refractivity contribution >= 4 is 11.3 Å². The van der Waals surface area contributed by atoms with Crippen molar-refractivity contribution in [1.29, 1.82) is 0 Å². The molecule has 2 rings (SSSR count). The van der Waals surface area contributed by atoms with Gasteiger partial charge in [0.15, 0.2) is 0 Å². The summed E-state index contributed by atoms with van der Waals surface area (Å²) in [5, 5.41) is 7.87. The first-order chi connectivity index (χ1) is 8.81. The molecule has 1 aromatic carbocycles. The molecule has 0 aliphatic heterocycles. The summed E-state index contributed by atoms with van der Waals surface area (Å²) in [7, 11) is 2.07. The topological polar surface area (TPSA) is 12.0 Å². The maximum atomic E-state index is 3.47. The summed E-state index contributed by atoms with van der Waals surface area (Å²) >= 11 is 1.78. The zero-order valence-corrected chi connectivity index (χ0v) is 11.9. The van der Waals surface area contributed by atoms with Gasteiger partial charge >= 0.3 is 0 Å². The Hall–Kier alpha value is -1.12. The van der Waals surface area contributed by atoms with Gasteiger partial charge in [-0.3, -0.25) is 0 Å². The van der Waals surface area contributed by atoms with Crippen LogP contribution < -0.4 is 5.32 Å². The number of hydrogen-bond donors (Lipinski definition) is 1. The first kappa shape index (κ1) is 13.3. The van der Waals surface area contributed by atoms with Crippen LogP contribution in [0.4, 0.5) is 0 Å². The lowest BCUT2D eigenvalue weighted by Crippen LogP contribution is -2.31. The van der Waals surface area contributed by atoms with E-state index in [1.807, 2.05) is 0 Å². The Labute approximate surface area is 114 Å². The third-order valence-electron chi connectivity index (χ3n) is 3.62. The standard InChI is InChI=1S/C16H21NS/c1-13(15-6-4-3-5-7-15)16(17-2)9-8-14-10-11-18-12-14/h3-7,10-13,16-17H,8-9H2,1-2H3. The molecule has 0 saturated carbocycles. The molecule has 18 heavy (non-hydrogen) atoms. The molecule has 0 aliphatic carbocycles. The Bertz CT molecular complexity index is 435. The lowest BCUT2D eigenvalue weighted by molar-refractivity contribution is 0.456. The molecule has 0 bridgehead atoms. The number of aryl methyl sites for hydroxylation is 1. The van der Waals surface area contributed by atoms with Gasteiger partial charge in [0.1, 0.15) is 0 Å². The molecule has 0 fully saturated rings. The summed E-state index contributed by atoms with van der Waals surface area (Å²) in [5.74, 6) is 0.551. The first-order valence-corrected chi connectivity index (χ1v) is 7.49. The number of benzene rings is 1. The molecule has 1 heterocycles. The second kappa shape index (κ2) is 6.72. The van der Waals surface area contributed by atoms with Gasteiger partial charge in [-0.25, -0.2) is 0 Å². The Balaban J connectivity index is 1.96. The first-order valence-electron chi connectivity index (χ1n) is 6.54. The summed E-state index contributed by atoms with van der Waals surface area (Å²) < 4.78 is 0. The zero-order chi connectivity index (χ0) is 12.8. The summed E-state index contributed by atoms with van der Waals surface area (Å²) in [5.41, 5.74) is 2.88. The highest BCUT2D eigenvalue weighted by atomic mass is 32.1. The van der Waals surface area contributed by atoms with E-state index in [4.69, 9.17) is 0 Å². The third kappa shape index (κ3) is 3.44. The average Bonchev–Trinajstić information content (AvgIpc) is 2.93. The molecule has 1 aromatic heterocycles. The second-order valence-electron chi connectivity index (χ2n) is 4.76. The lowest BCUT2D eigenvalue weighted by Gasteiger charge is -2.24. The van der Waals surface area contributed by atoms with Crippen LogP contribution in [-0.4, -0.2) is 13.1 Å². The molecule has 0 amide bonds. The molecule has 0 saturated heterocycles. The SMILES string of the molecule is CNC(CCc1ccsc1)C(C)c1ccccc1. The highest BCUT2D eigenvalue weighted by molar-refractivity contribution is 7.07. The minimum Gasteiger partial charge on any atom is -0.316 e.